The molecule has 100 valence electrons. The third kappa shape index (κ3) is 3.18. The fourth-order valence-corrected chi connectivity index (χ4v) is 2.38. The number of nitrogens with two attached hydrogens (primary N) is 1. The largest absolute Gasteiger partial charge is 0.388 e. The molecule has 19 heavy (non-hydrogen) atoms. The van der Waals surface area contributed by atoms with Gasteiger partial charge >= 0.3 is 0 Å². The number of aliphatic hydroxyl groups excluding tert-OH is 1. The van der Waals surface area contributed by atoms with E-state index in [0.717, 1.165) is 5.56 Å². The molecule has 0 fully saturated rings. The highest BCUT2D eigenvalue weighted by Gasteiger charge is 2.22. The molecule has 5 heteroatoms. The first-order valence-electron chi connectivity index (χ1n) is 5.86. The van der Waals surface area contributed by atoms with Crippen LogP contribution in [0.15, 0.2) is 47.2 Å². The van der Waals surface area contributed by atoms with Gasteiger partial charge in [0.2, 0.25) is 0 Å². The Morgan fingerprint density at radius 3 is 2.47 bits per heavy atom. The zero-order valence-corrected chi connectivity index (χ0v) is 11.7. The first-order chi connectivity index (χ1) is 9.13. The summed E-state index contributed by atoms with van der Waals surface area (Å²) in [5.41, 5.74) is 7.28. The standard InChI is InChI=1S/C14H14BrFN2O/c15-12-7-10(1-2-13(12)16)14(19)11(8-17)9-3-5-18-6-4-9/h1-7,11,14,19H,8,17H2. The zero-order chi connectivity index (χ0) is 13.8. The molecule has 2 unspecified atom stereocenters. The lowest BCUT2D eigenvalue weighted by Crippen LogP contribution is -2.20. The molecular weight excluding hydrogens is 311 g/mol. The molecule has 0 aliphatic heterocycles. The van der Waals surface area contributed by atoms with E-state index in [1.807, 2.05) is 12.1 Å². The summed E-state index contributed by atoms with van der Waals surface area (Å²) >= 11 is 3.11. The summed E-state index contributed by atoms with van der Waals surface area (Å²) < 4.78 is 13.5. The van der Waals surface area contributed by atoms with Crippen LogP contribution in [0.3, 0.4) is 0 Å². The second kappa shape index (κ2) is 6.23. The Hall–Kier alpha value is -1.30. The highest BCUT2D eigenvalue weighted by Crippen LogP contribution is 2.31. The van der Waals surface area contributed by atoms with Crippen LogP contribution in [-0.2, 0) is 0 Å². The van der Waals surface area contributed by atoms with Crippen LogP contribution < -0.4 is 5.73 Å². The first kappa shape index (κ1) is 14.1. The predicted molar refractivity (Wildman–Crippen MR) is 75.1 cm³/mol. The summed E-state index contributed by atoms with van der Waals surface area (Å²) in [6.07, 6.45) is 2.53. The van der Waals surface area contributed by atoms with Crippen molar-refractivity contribution in [3.8, 4) is 0 Å². The van der Waals surface area contributed by atoms with E-state index < -0.39 is 6.10 Å². The molecule has 1 heterocycles. The van der Waals surface area contributed by atoms with E-state index in [-0.39, 0.29) is 11.7 Å². The van der Waals surface area contributed by atoms with E-state index in [0.29, 0.717) is 16.6 Å². The topological polar surface area (TPSA) is 59.1 Å². The number of hydrogen-bond donors (Lipinski definition) is 2. The van der Waals surface area contributed by atoms with Crippen molar-refractivity contribution >= 4 is 15.9 Å². The Bertz CT molecular complexity index is 550. The van der Waals surface area contributed by atoms with Gasteiger partial charge in [0.05, 0.1) is 10.6 Å². The number of hydrogen-bond acceptors (Lipinski definition) is 3. The van der Waals surface area contributed by atoms with Crippen molar-refractivity contribution in [1.29, 1.82) is 0 Å². The molecular formula is C14H14BrFN2O. The number of rotatable bonds is 4. The van der Waals surface area contributed by atoms with Crippen LogP contribution in [0.2, 0.25) is 0 Å². The predicted octanol–water partition coefficient (Wildman–Crippen LogP) is 2.76. The third-order valence-corrected chi connectivity index (χ3v) is 3.66. The van der Waals surface area contributed by atoms with Gasteiger partial charge in [0.25, 0.3) is 0 Å². The second-order valence-electron chi connectivity index (χ2n) is 4.24. The van der Waals surface area contributed by atoms with E-state index in [1.165, 1.54) is 6.07 Å². The van der Waals surface area contributed by atoms with Crippen LogP contribution in [0.4, 0.5) is 4.39 Å². The molecule has 0 amide bonds. The molecule has 0 saturated carbocycles. The maximum absolute atomic E-state index is 13.2. The minimum Gasteiger partial charge on any atom is -0.388 e. The van der Waals surface area contributed by atoms with Crippen LogP contribution in [0.25, 0.3) is 0 Å². The number of nitrogens with zero attached hydrogens (tertiary/aromatic N) is 1. The van der Waals surface area contributed by atoms with Crippen LogP contribution in [-0.4, -0.2) is 16.6 Å². The van der Waals surface area contributed by atoms with Crippen molar-refractivity contribution in [1.82, 2.24) is 4.98 Å². The maximum Gasteiger partial charge on any atom is 0.137 e. The minimum absolute atomic E-state index is 0.250. The molecule has 3 nitrogen and oxygen atoms in total. The van der Waals surface area contributed by atoms with Gasteiger partial charge in [0.15, 0.2) is 0 Å². The Labute approximate surface area is 119 Å². The molecule has 0 radical (unpaired) electrons. The molecule has 0 bridgehead atoms. The summed E-state index contributed by atoms with van der Waals surface area (Å²) in [5.74, 6) is -0.607. The Kier molecular flexibility index (Phi) is 4.63. The summed E-state index contributed by atoms with van der Waals surface area (Å²) in [7, 11) is 0. The van der Waals surface area contributed by atoms with Crippen molar-refractivity contribution in [2.45, 2.75) is 12.0 Å². The molecule has 0 aliphatic carbocycles. The number of aromatic nitrogens is 1. The normalized spacial score (nSPS) is 14.1. The number of aliphatic hydroxyl groups is 1. The average molecular weight is 325 g/mol. The maximum atomic E-state index is 13.2. The summed E-state index contributed by atoms with van der Waals surface area (Å²) in [5, 5.41) is 10.4. The van der Waals surface area contributed by atoms with Crippen molar-refractivity contribution in [3.05, 3.63) is 64.1 Å². The van der Waals surface area contributed by atoms with Gasteiger partial charge in [0.1, 0.15) is 5.82 Å². The molecule has 0 spiro atoms. The number of benzene rings is 1. The highest BCUT2D eigenvalue weighted by atomic mass is 79.9. The second-order valence-corrected chi connectivity index (χ2v) is 5.10. The fourth-order valence-electron chi connectivity index (χ4n) is 1.99. The lowest BCUT2D eigenvalue weighted by atomic mass is 9.90. The minimum atomic E-state index is -0.788. The SMILES string of the molecule is NCC(c1ccncc1)C(O)c1ccc(F)c(Br)c1. The van der Waals surface area contributed by atoms with E-state index in [2.05, 4.69) is 20.9 Å². The monoisotopic (exact) mass is 324 g/mol. The highest BCUT2D eigenvalue weighted by molar-refractivity contribution is 9.10. The van der Waals surface area contributed by atoms with Crippen molar-refractivity contribution in [2.75, 3.05) is 6.54 Å². The van der Waals surface area contributed by atoms with Gasteiger partial charge in [-0.1, -0.05) is 6.07 Å². The molecule has 0 aliphatic rings. The molecule has 0 saturated heterocycles. The van der Waals surface area contributed by atoms with Gasteiger partial charge in [-0.3, -0.25) is 4.98 Å². The van der Waals surface area contributed by atoms with Gasteiger partial charge in [-0.15, -0.1) is 0 Å². The molecule has 2 atom stereocenters. The van der Waals surface area contributed by atoms with Crippen LogP contribution in [0.1, 0.15) is 23.1 Å². The summed E-state index contributed by atoms with van der Waals surface area (Å²) in [6, 6.07) is 8.10. The van der Waals surface area contributed by atoms with E-state index in [1.54, 1.807) is 24.5 Å². The Morgan fingerprint density at radius 1 is 1.21 bits per heavy atom. The quantitative estimate of drug-likeness (QED) is 0.909. The third-order valence-electron chi connectivity index (χ3n) is 3.05. The smallest absolute Gasteiger partial charge is 0.137 e. The van der Waals surface area contributed by atoms with Gasteiger partial charge in [-0.2, -0.15) is 0 Å². The fraction of sp³-hybridized carbons (Fsp3) is 0.214. The Morgan fingerprint density at radius 2 is 1.89 bits per heavy atom. The average Bonchev–Trinajstić information content (AvgIpc) is 2.44. The summed E-state index contributed by atoms with van der Waals surface area (Å²) in [4.78, 5) is 3.94. The van der Waals surface area contributed by atoms with E-state index in [9.17, 15) is 9.50 Å². The Balaban J connectivity index is 2.30. The lowest BCUT2D eigenvalue weighted by Gasteiger charge is -2.22. The molecule has 3 N–H and O–H groups in total. The first-order valence-corrected chi connectivity index (χ1v) is 6.65. The van der Waals surface area contributed by atoms with Crippen LogP contribution in [0, 0.1) is 5.82 Å². The van der Waals surface area contributed by atoms with Crippen molar-refractivity contribution in [3.63, 3.8) is 0 Å². The summed E-state index contributed by atoms with van der Waals surface area (Å²) in [6.45, 7) is 0.292. The van der Waals surface area contributed by atoms with Crippen molar-refractivity contribution in [2.24, 2.45) is 5.73 Å². The van der Waals surface area contributed by atoms with Gasteiger partial charge in [-0.25, -0.2) is 4.39 Å². The molecule has 2 rings (SSSR count). The molecule has 1 aromatic carbocycles. The van der Waals surface area contributed by atoms with Gasteiger partial charge < -0.3 is 10.8 Å². The zero-order valence-electron chi connectivity index (χ0n) is 10.1. The van der Waals surface area contributed by atoms with Crippen molar-refractivity contribution < 1.29 is 9.50 Å². The van der Waals surface area contributed by atoms with Crippen LogP contribution in [0.5, 0.6) is 0 Å². The molecule has 2 aromatic rings. The lowest BCUT2D eigenvalue weighted by molar-refractivity contribution is 0.147. The van der Waals surface area contributed by atoms with Gasteiger partial charge in [0, 0.05) is 24.9 Å². The van der Waals surface area contributed by atoms with E-state index in [4.69, 9.17) is 5.73 Å². The van der Waals surface area contributed by atoms with Gasteiger partial charge in [-0.05, 0) is 51.3 Å². The molecule has 1 aromatic heterocycles. The number of pyridine rings is 1. The van der Waals surface area contributed by atoms with E-state index >= 15 is 0 Å². The number of halogens is 2. The van der Waals surface area contributed by atoms with Crippen LogP contribution >= 0.6 is 15.9 Å².